The van der Waals surface area contributed by atoms with Crippen molar-refractivity contribution in [3.8, 4) is 0 Å². The molecule has 5 rings (SSSR count). The SMILES string of the molecule is CC[C@H]1OC(=O)[C@H](C)[C@@H](O[C@H]2C[C@@](C)(OC)[C@@H](OCCN(C)CCOCCOCCc3ccc4c(c3)c(=O)c(C(=O)O)cn4CC)[C@H](C)O2)[C@H](C)[C@@H](O[C@@H]2O[C@H](C)C[C@H](N(C)C)[C@H]2O)[C@](C)(OC)C[C@@H](C)C(=O)[C@H](C)[C@@H](O)[C@]1(C)O. The average molecular weight is 1140 g/mol. The smallest absolute Gasteiger partial charge is 0.341 e. The summed E-state index contributed by atoms with van der Waals surface area (Å²) in [6, 6.07) is 5.19. The summed E-state index contributed by atoms with van der Waals surface area (Å²) in [7, 11) is 8.86. The molecule has 0 bridgehead atoms. The third-order valence-electron chi connectivity index (χ3n) is 17.2. The van der Waals surface area contributed by atoms with Gasteiger partial charge in [0.1, 0.15) is 35.3 Å². The molecule has 21 nitrogen and oxygen atoms in total. The van der Waals surface area contributed by atoms with Crippen LogP contribution >= 0.6 is 0 Å². The molecule has 1 aromatic heterocycles. The second-order valence-electron chi connectivity index (χ2n) is 23.6. The van der Waals surface area contributed by atoms with Crippen molar-refractivity contribution in [2.75, 3.05) is 81.5 Å². The third kappa shape index (κ3) is 16.0. The van der Waals surface area contributed by atoms with Gasteiger partial charge in [-0.1, -0.05) is 33.8 Å². The van der Waals surface area contributed by atoms with Crippen molar-refractivity contribution >= 4 is 28.6 Å². The molecule has 18 atom stereocenters. The molecule has 0 aliphatic carbocycles. The zero-order chi connectivity index (χ0) is 59.6. The lowest BCUT2D eigenvalue weighted by atomic mass is 9.74. The summed E-state index contributed by atoms with van der Waals surface area (Å²) in [5.74, 6) is -5.86. The fourth-order valence-corrected chi connectivity index (χ4v) is 12.1. The molecule has 21 heteroatoms. The predicted molar refractivity (Wildman–Crippen MR) is 298 cm³/mol. The van der Waals surface area contributed by atoms with Crippen molar-refractivity contribution < 1.29 is 82.2 Å². The van der Waals surface area contributed by atoms with Crippen LogP contribution in [-0.4, -0.2) is 218 Å². The summed E-state index contributed by atoms with van der Waals surface area (Å²) in [4.78, 5) is 57.4. The lowest BCUT2D eigenvalue weighted by Crippen LogP contribution is -2.61. The number of aromatic carboxylic acids is 1. The number of Topliss-reactive ketones (excluding diaryl/α,β-unsaturated/α-hetero) is 1. The van der Waals surface area contributed by atoms with Gasteiger partial charge in [0.25, 0.3) is 0 Å². The molecular weight excluding hydrogens is 1040 g/mol. The van der Waals surface area contributed by atoms with Gasteiger partial charge in [0.2, 0.25) is 5.43 Å². The first-order valence-corrected chi connectivity index (χ1v) is 28.7. The summed E-state index contributed by atoms with van der Waals surface area (Å²) in [5, 5.41) is 45.2. The lowest BCUT2D eigenvalue weighted by molar-refractivity contribution is -0.322. The molecule has 456 valence electrons. The number of likely N-dealkylation sites (N-methyl/N-ethyl adjacent to an activating group) is 2. The number of ketones is 1. The van der Waals surface area contributed by atoms with E-state index in [0.29, 0.717) is 76.4 Å². The Morgan fingerprint density at radius 1 is 0.825 bits per heavy atom. The van der Waals surface area contributed by atoms with Gasteiger partial charge >= 0.3 is 11.9 Å². The Morgan fingerprint density at radius 3 is 2.08 bits per heavy atom. The topological polar surface area (TPSA) is 253 Å². The Labute approximate surface area is 473 Å². The number of carboxylic acids is 1. The first-order chi connectivity index (χ1) is 37.6. The van der Waals surface area contributed by atoms with Gasteiger partial charge in [-0.25, -0.2) is 4.79 Å². The van der Waals surface area contributed by atoms with Gasteiger partial charge in [0, 0.05) is 75.7 Å². The van der Waals surface area contributed by atoms with E-state index in [1.807, 2.05) is 79.7 Å². The Balaban J connectivity index is 1.24. The van der Waals surface area contributed by atoms with Gasteiger partial charge in [0.15, 0.2) is 12.6 Å². The number of hydrogen-bond donors (Lipinski definition) is 4. The molecule has 3 aliphatic heterocycles. The highest BCUT2D eigenvalue weighted by Gasteiger charge is 2.54. The number of aryl methyl sites for hydroxylation is 1. The Hall–Kier alpha value is -3.52. The van der Waals surface area contributed by atoms with Crippen LogP contribution in [-0.2, 0) is 69.9 Å². The molecule has 3 saturated heterocycles. The second kappa shape index (κ2) is 29.3. The van der Waals surface area contributed by atoms with Crippen LogP contribution < -0.4 is 5.43 Å². The molecule has 0 unspecified atom stereocenters. The van der Waals surface area contributed by atoms with Gasteiger partial charge in [0.05, 0.1) is 86.2 Å². The maximum atomic E-state index is 14.6. The van der Waals surface area contributed by atoms with Crippen LogP contribution in [0.5, 0.6) is 0 Å². The number of hydrogen-bond acceptors (Lipinski definition) is 19. The number of fused-ring (bicyclic) bond motifs is 1. The number of pyridine rings is 1. The van der Waals surface area contributed by atoms with Gasteiger partial charge in [-0.2, -0.15) is 0 Å². The number of ether oxygens (including phenoxy) is 10. The number of cyclic esters (lactones) is 1. The van der Waals surface area contributed by atoms with Crippen LogP contribution in [0.25, 0.3) is 10.9 Å². The highest BCUT2D eigenvalue weighted by Crippen LogP contribution is 2.42. The van der Waals surface area contributed by atoms with E-state index in [1.54, 1.807) is 45.4 Å². The van der Waals surface area contributed by atoms with E-state index in [2.05, 4.69) is 4.90 Å². The van der Waals surface area contributed by atoms with Crippen molar-refractivity contribution in [2.45, 2.75) is 199 Å². The Bertz CT molecular complexity index is 2390. The zero-order valence-electron chi connectivity index (χ0n) is 50.5. The maximum absolute atomic E-state index is 14.6. The van der Waals surface area contributed by atoms with E-state index in [1.165, 1.54) is 20.2 Å². The number of nitrogens with zero attached hydrogens (tertiary/aromatic N) is 3. The highest BCUT2D eigenvalue weighted by molar-refractivity contribution is 5.92. The minimum absolute atomic E-state index is 0.0894. The van der Waals surface area contributed by atoms with Crippen LogP contribution in [0.15, 0.2) is 29.2 Å². The van der Waals surface area contributed by atoms with Crippen LogP contribution in [0.4, 0.5) is 0 Å². The first-order valence-electron chi connectivity index (χ1n) is 28.7. The minimum Gasteiger partial charge on any atom is -0.477 e. The largest absolute Gasteiger partial charge is 0.477 e. The number of methoxy groups -OCH3 is 2. The summed E-state index contributed by atoms with van der Waals surface area (Å²) in [6.07, 6.45) is -6.50. The molecule has 1 aromatic carbocycles. The van der Waals surface area contributed by atoms with Gasteiger partial charge in [-0.3, -0.25) is 14.4 Å². The van der Waals surface area contributed by atoms with Gasteiger partial charge in [-0.15, -0.1) is 0 Å². The molecule has 2 aromatic rings. The first kappa shape index (κ1) is 67.3. The number of rotatable bonds is 23. The molecule has 4 heterocycles. The Kier molecular flexibility index (Phi) is 24.7. The Morgan fingerprint density at radius 2 is 1.46 bits per heavy atom. The van der Waals surface area contributed by atoms with Crippen molar-refractivity contribution in [1.82, 2.24) is 14.4 Å². The summed E-state index contributed by atoms with van der Waals surface area (Å²) in [6.45, 7) is 23.1. The van der Waals surface area contributed by atoms with Crippen LogP contribution in [0.2, 0.25) is 0 Å². The number of aliphatic hydroxyl groups is 3. The van der Waals surface area contributed by atoms with Crippen molar-refractivity contribution in [3.05, 3.63) is 45.7 Å². The van der Waals surface area contributed by atoms with Crippen molar-refractivity contribution in [3.63, 3.8) is 0 Å². The number of carbonyl (C=O) groups is 3. The van der Waals surface area contributed by atoms with E-state index in [-0.39, 0.29) is 42.8 Å². The fourth-order valence-electron chi connectivity index (χ4n) is 12.1. The molecule has 0 spiro atoms. The standard InChI is InChI=1S/C59H97N3O18/c1-17-45-59(11,70)51(66)36(5)47(63)34(3)31-57(9,71-15)52(80-56-49(65)44(60(12)13)29-35(4)76-56)37(6)50(38(7)55(69)78-45)79-46-32-58(10,72-16)53(39(8)77-46)75-26-23-61(14)22-25-74-28-27-73-24-21-40-19-20-43-41(30-40)48(64)42(54(67)68)33-62(43)18-2/h19-20,30,33-39,44-46,49-53,56,65-66,70H,17-18,21-29,31-32H2,1-16H3,(H,67,68)/t34-,35-,36+,37+,38-,39+,44+,45-,46+,49-,50+,51-,52-,53+,56+,57-,58-,59-/m1/s1. The van der Waals surface area contributed by atoms with Crippen LogP contribution in [0, 0.1) is 23.7 Å². The molecule has 3 fully saturated rings. The third-order valence-corrected chi connectivity index (χ3v) is 17.2. The van der Waals surface area contributed by atoms with E-state index in [0.717, 1.165) is 5.56 Å². The molecule has 3 aliphatic rings. The molecular formula is C59H97N3O18. The number of carbonyl (C=O) groups excluding carboxylic acids is 2. The predicted octanol–water partition coefficient (Wildman–Crippen LogP) is 4.70. The number of aromatic nitrogens is 1. The fraction of sp³-hybridized carbons (Fsp3) is 0.797. The normalized spacial score (nSPS) is 36.1. The van der Waals surface area contributed by atoms with E-state index in [4.69, 9.17) is 47.4 Å². The zero-order valence-corrected chi connectivity index (χ0v) is 50.5. The van der Waals surface area contributed by atoms with Gasteiger partial charge in [-0.05, 0) is 113 Å². The average Bonchev–Trinajstić information content (AvgIpc) is 3.48. The van der Waals surface area contributed by atoms with Crippen LogP contribution in [0.1, 0.15) is 118 Å². The number of benzene rings is 1. The molecule has 80 heavy (non-hydrogen) atoms. The van der Waals surface area contributed by atoms with E-state index in [9.17, 15) is 39.6 Å². The number of carboxylic acid groups (broad SMARTS) is 1. The maximum Gasteiger partial charge on any atom is 0.341 e. The summed E-state index contributed by atoms with van der Waals surface area (Å²) in [5.41, 5.74) is -3.42. The second-order valence-corrected chi connectivity index (χ2v) is 23.6. The van der Waals surface area contributed by atoms with Crippen molar-refractivity contribution in [2.24, 2.45) is 23.7 Å². The van der Waals surface area contributed by atoms with E-state index < -0.39 is 113 Å². The van der Waals surface area contributed by atoms with Gasteiger partial charge < -0.3 is 82.2 Å². The number of aliphatic hydroxyl groups excluding tert-OH is 2. The minimum atomic E-state index is -2.00. The van der Waals surface area contributed by atoms with Crippen LogP contribution in [0.3, 0.4) is 0 Å². The molecule has 0 saturated carbocycles. The van der Waals surface area contributed by atoms with Crippen molar-refractivity contribution in [1.29, 1.82) is 0 Å². The lowest BCUT2D eigenvalue weighted by Gasteiger charge is -2.50. The molecule has 0 radical (unpaired) electrons. The van der Waals surface area contributed by atoms with E-state index >= 15 is 0 Å². The highest BCUT2D eigenvalue weighted by atomic mass is 16.7. The summed E-state index contributed by atoms with van der Waals surface area (Å²) >= 11 is 0. The quantitative estimate of drug-likeness (QED) is 0.0869. The molecule has 0 amide bonds. The molecule has 4 N–H and O–H groups in total. The number of esters is 1. The monoisotopic (exact) mass is 1140 g/mol. The summed E-state index contributed by atoms with van der Waals surface area (Å²) < 4.78 is 65.6.